The van der Waals surface area contributed by atoms with Crippen molar-refractivity contribution in [3.63, 3.8) is 0 Å². The van der Waals surface area contributed by atoms with Crippen LogP contribution in [0.2, 0.25) is 0 Å². The van der Waals surface area contributed by atoms with Crippen LogP contribution < -0.4 is 10.6 Å². The molecule has 0 unspecified atom stereocenters. The van der Waals surface area contributed by atoms with Crippen LogP contribution in [0.5, 0.6) is 0 Å². The summed E-state index contributed by atoms with van der Waals surface area (Å²) >= 11 is 0. The van der Waals surface area contributed by atoms with Crippen LogP contribution >= 0.6 is 0 Å². The number of anilines is 1. The summed E-state index contributed by atoms with van der Waals surface area (Å²) < 4.78 is 4.90. The first kappa shape index (κ1) is 17.0. The molecule has 0 saturated carbocycles. The van der Waals surface area contributed by atoms with Gasteiger partial charge in [-0.25, -0.2) is 0 Å². The van der Waals surface area contributed by atoms with Crippen LogP contribution in [-0.4, -0.2) is 72.6 Å². The van der Waals surface area contributed by atoms with E-state index in [-0.39, 0.29) is 18.4 Å². The molecule has 0 aromatic carbocycles. The highest BCUT2D eigenvalue weighted by atomic mass is 16.5. The zero-order valence-electron chi connectivity index (χ0n) is 13.2. The standard InChI is InChI=1S/C15H21N5O3/c1-3-4-16-14(21)10-19-5-7-20(8-6-19)11-15(22)17-13-9-12(2)23-18-13/h1,9H,4-8,10-11H2,2H3,(H,16,21)(H,17,18,22). The molecule has 0 bridgehead atoms. The van der Waals surface area contributed by atoms with Crippen molar-refractivity contribution in [2.75, 3.05) is 51.1 Å². The summed E-state index contributed by atoms with van der Waals surface area (Å²) in [5.41, 5.74) is 0. The van der Waals surface area contributed by atoms with E-state index in [1.54, 1.807) is 13.0 Å². The third kappa shape index (κ3) is 5.73. The van der Waals surface area contributed by atoms with E-state index < -0.39 is 0 Å². The van der Waals surface area contributed by atoms with Crippen molar-refractivity contribution < 1.29 is 14.1 Å². The van der Waals surface area contributed by atoms with Gasteiger partial charge in [-0.05, 0) is 6.92 Å². The molecule has 8 nitrogen and oxygen atoms in total. The number of nitrogens with zero attached hydrogens (tertiary/aromatic N) is 3. The number of hydrogen-bond donors (Lipinski definition) is 2. The zero-order chi connectivity index (χ0) is 16.7. The number of carbonyl (C=O) groups excluding carboxylic acids is 2. The van der Waals surface area contributed by atoms with E-state index >= 15 is 0 Å². The Morgan fingerprint density at radius 2 is 1.87 bits per heavy atom. The van der Waals surface area contributed by atoms with Crippen LogP contribution in [0.15, 0.2) is 10.6 Å². The molecule has 1 saturated heterocycles. The lowest BCUT2D eigenvalue weighted by Crippen LogP contribution is -2.51. The molecule has 0 aliphatic carbocycles. The lowest BCUT2D eigenvalue weighted by atomic mass is 10.3. The van der Waals surface area contributed by atoms with Crippen molar-refractivity contribution in [1.82, 2.24) is 20.3 Å². The Bertz CT molecular complexity index is 584. The van der Waals surface area contributed by atoms with Crippen molar-refractivity contribution in [1.29, 1.82) is 0 Å². The smallest absolute Gasteiger partial charge is 0.239 e. The Morgan fingerprint density at radius 3 is 2.39 bits per heavy atom. The van der Waals surface area contributed by atoms with E-state index in [2.05, 4.69) is 21.7 Å². The first-order valence-corrected chi connectivity index (χ1v) is 7.45. The fraction of sp³-hybridized carbons (Fsp3) is 0.533. The maximum atomic E-state index is 11.9. The van der Waals surface area contributed by atoms with Gasteiger partial charge in [-0.2, -0.15) is 0 Å². The Morgan fingerprint density at radius 1 is 1.26 bits per heavy atom. The van der Waals surface area contributed by atoms with Crippen molar-refractivity contribution in [2.45, 2.75) is 6.92 Å². The van der Waals surface area contributed by atoms with Crippen molar-refractivity contribution >= 4 is 17.6 Å². The first-order valence-electron chi connectivity index (χ1n) is 7.45. The largest absolute Gasteiger partial charge is 0.360 e. The van der Waals surface area contributed by atoms with E-state index in [1.807, 2.05) is 9.80 Å². The SMILES string of the molecule is C#CCNC(=O)CN1CCN(CC(=O)Nc2cc(C)on2)CC1. The molecule has 1 aliphatic heterocycles. The normalized spacial score (nSPS) is 15.8. The second-order valence-electron chi connectivity index (χ2n) is 5.40. The van der Waals surface area contributed by atoms with Crippen molar-refractivity contribution in [2.24, 2.45) is 0 Å². The van der Waals surface area contributed by atoms with Gasteiger partial charge in [-0.15, -0.1) is 6.42 Å². The number of amides is 2. The van der Waals surface area contributed by atoms with Gasteiger partial charge in [0, 0.05) is 32.2 Å². The number of aromatic nitrogens is 1. The number of piperazine rings is 1. The maximum Gasteiger partial charge on any atom is 0.239 e. The van der Waals surface area contributed by atoms with E-state index in [1.165, 1.54) is 0 Å². The number of hydrogen-bond acceptors (Lipinski definition) is 6. The van der Waals surface area contributed by atoms with Gasteiger partial charge in [-0.3, -0.25) is 19.4 Å². The molecule has 8 heteroatoms. The summed E-state index contributed by atoms with van der Waals surface area (Å²) in [6.07, 6.45) is 5.10. The zero-order valence-corrected chi connectivity index (χ0v) is 13.2. The van der Waals surface area contributed by atoms with Crippen LogP contribution in [0, 0.1) is 19.3 Å². The Balaban J connectivity index is 1.67. The van der Waals surface area contributed by atoms with Gasteiger partial charge in [0.25, 0.3) is 0 Å². The van der Waals surface area contributed by atoms with Gasteiger partial charge in [0.15, 0.2) is 5.82 Å². The summed E-state index contributed by atoms with van der Waals surface area (Å²) in [6, 6.07) is 1.67. The molecule has 0 radical (unpaired) electrons. The van der Waals surface area contributed by atoms with Gasteiger partial charge in [0.05, 0.1) is 19.6 Å². The van der Waals surface area contributed by atoms with E-state index in [0.29, 0.717) is 24.7 Å². The third-order valence-corrected chi connectivity index (χ3v) is 3.48. The predicted octanol–water partition coefficient (Wildman–Crippen LogP) is -0.711. The average Bonchev–Trinajstić information content (AvgIpc) is 2.92. The molecule has 2 N–H and O–H groups in total. The Kier molecular flexibility index (Phi) is 6.14. The number of aryl methyl sites for hydroxylation is 1. The Labute approximate surface area is 135 Å². The van der Waals surface area contributed by atoms with Crippen LogP contribution in [-0.2, 0) is 9.59 Å². The number of nitrogens with one attached hydrogen (secondary N) is 2. The molecular formula is C15H21N5O3. The second kappa shape index (κ2) is 8.31. The van der Waals surface area contributed by atoms with Crippen LogP contribution in [0.3, 0.4) is 0 Å². The van der Waals surface area contributed by atoms with Crippen molar-refractivity contribution in [3.05, 3.63) is 11.8 Å². The molecule has 1 aromatic heterocycles. The summed E-state index contributed by atoms with van der Waals surface area (Å²) in [5.74, 6) is 3.25. The maximum absolute atomic E-state index is 11.9. The molecule has 1 aromatic rings. The quantitative estimate of drug-likeness (QED) is 0.673. The van der Waals surface area contributed by atoms with Gasteiger partial charge >= 0.3 is 0 Å². The van der Waals surface area contributed by atoms with Gasteiger partial charge in [0.2, 0.25) is 11.8 Å². The summed E-state index contributed by atoms with van der Waals surface area (Å²) in [6.45, 7) is 5.58. The first-order chi connectivity index (χ1) is 11.1. The minimum Gasteiger partial charge on any atom is -0.360 e. The Hall–Kier alpha value is -2.37. The highest BCUT2D eigenvalue weighted by molar-refractivity contribution is 5.91. The van der Waals surface area contributed by atoms with Gasteiger partial charge in [-0.1, -0.05) is 11.1 Å². The van der Waals surface area contributed by atoms with E-state index in [9.17, 15) is 9.59 Å². The summed E-state index contributed by atoms with van der Waals surface area (Å²) in [4.78, 5) is 27.6. The lowest BCUT2D eigenvalue weighted by molar-refractivity contribution is -0.123. The van der Waals surface area contributed by atoms with Gasteiger partial charge in [0.1, 0.15) is 5.76 Å². The molecule has 1 aliphatic rings. The third-order valence-electron chi connectivity index (χ3n) is 3.48. The fourth-order valence-electron chi connectivity index (χ4n) is 2.32. The highest BCUT2D eigenvalue weighted by Gasteiger charge is 2.20. The topological polar surface area (TPSA) is 90.7 Å². The van der Waals surface area contributed by atoms with Gasteiger partial charge < -0.3 is 15.2 Å². The highest BCUT2D eigenvalue weighted by Crippen LogP contribution is 2.07. The van der Waals surface area contributed by atoms with Crippen LogP contribution in [0.1, 0.15) is 5.76 Å². The van der Waals surface area contributed by atoms with E-state index in [4.69, 9.17) is 10.9 Å². The molecule has 23 heavy (non-hydrogen) atoms. The van der Waals surface area contributed by atoms with Crippen molar-refractivity contribution in [3.8, 4) is 12.3 Å². The molecule has 124 valence electrons. The predicted molar refractivity (Wildman–Crippen MR) is 84.6 cm³/mol. The average molecular weight is 319 g/mol. The monoisotopic (exact) mass is 319 g/mol. The number of terminal acetylenes is 1. The second-order valence-corrected chi connectivity index (χ2v) is 5.40. The number of carbonyl (C=O) groups is 2. The molecular weight excluding hydrogens is 298 g/mol. The van der Waals surface area contributed by atoms with Crippen LogP contribution in [0.4, 0.5) is 5.82 Å². The lowest BCUT2D eigenvalue weighted by Gasteiger charge is -2.33. The summed E-state index contributed by atoms with van der Waals surface area (Å²) in [7, 11) is 0. The van der Waals surface area contributed by atoms with E-state index in [0.717, 1.165) is 26.2 Å². The molecule has 0 spiro atoms. The minimum atomic E-state index is -0.126. The molecule has 0 atom stereocenters. The molecule has 2 heterocycles. The fourth-order valence-corrected chi connectivity index (χ4v) is 2.32. The molecule has 2 rings (SSSR count). The summed E-state index contributed by atoms with van der Waals surface area (Å²) in [5, 5.41) is 9.06. The minimum absolute atomic E-state index is 0.0736. The van der Waals surface area contributed by atoms with Crippen LogP contribution in [0.25, 0.3) is 0 Å². The molecule has 2 amide bonds. The number of rotatable bonds is 6. The molecule has 1 fully saturated rings.